The lowest BCUT2D eigenvalue weighted by Crippen LogP contribution is -2.09. The summed E-state index contributed by atoms with van der Waals surface area (Å²) in [5.74, 6) is 0. The Hall–Kier alpha value is -2.44. The molecule has 7 heteroatoms. The van der Waals surface area contributed by atoms with Crippen LogP contribution in [0.15, 0.2) is 24.7 Å². The van der Waals surface area contributed by atoms with Gasteiger partial charge in [0.25, 0.3) is 0 Å². The summed E-state index contributed by atoms with van der Waals surface area (Å²) in [7, 11) is 1.85. The number of nitrogens with one attached hydrogen (secondary N) is 1. The summed E-state index contributed by atoms with van der Waals surface area (Å²) >= 11 is 0. The lowest BCUT2D eigenvalue weighted by molar-refractivity contribution is -0.384. The first-order valence-corrected chi connectivity index (χ1v) is 5.84. The van der Waals surface area contributed by atoms with Crippen LogP contribution >= 0.6 is 0 Å². The maximum absolute atomic E-state index is 10.9. The van der Waals surface area contributed by atoms with Crippen molar-refractivity contribution >= 4 is 11.4 Å². The van der Waals surface area contributed by atoms with Gasteiger partial charge in [-0.1, -0.05) is 0 Å². The third-order valence-corrected chi connectivity index (χ3v) is 2.89. The number of pyridine rings is 1. The molecule has 100 valence electrons. The third-order valence-electron chi connectivity index (χ3n) is 2.89. The zero-order valence-electron chi connectivity index (χ0n) is 11.0. The first kappa shape index (κ1) is 13.0. The number of nitro groups is 1. The first-order chi connectivity index (χ1) is 8.99. The Balaban J connectivity index is 2.26. The van der Waals surface area contributed by atoms with Crippen LogP contribution in [-0.2, 0) is 7.05 Å². The van der Waals surface area contributed by atoms with Crippen LogP contribution in [0.2, 0.25) is 0 Å². The van der Waals surface area contributed by atoms with Crippen molar-refractivity contribution in [3.8, 4) is 0 Å². The molecule has 2 aromatic rings. The van der Waals surface area contributed by atoms with Crippen LogP contribution in [0.1, 0.15) is 24.2 Å². The van der Waals surface area contributed by atoms with Gasteiger partial charge in [0.15, 0.2) is 0 Å². The van der Waals surface area contributed by atoms with Crippen molar-refractivity contribution in [2.45, 2.75) is 19.9 Å². The number of hydrogen-bond donors (Lipinski definition) is 1. The minimum atomic E-state index is -0.446. The number of aryl methyl sites for hydroxylation is 2. The fraction of sp³-hybridized carbons (Fsp3) is 0.333. The van der Waals surface area contributed by atoms with Crippen molar-refractivity contribution in [1.82, 2.24) is 14.8 Å². The summed E-state index contributed by atoms with van der Waals surface area (Å²) in [6.45, 7) is 3.85. The van der Waals surface area contributed by atoms with Crippen molar-refractivity contribution in [3.63, 3.8) is 0 Å². The highest BCUT2D eigenvalue weighted by molar-refractivity contribution is 5.60. The number of aromatic nitrogens is 3. The Morgan fingerprint density at radius 2 is 2.26 bits per heavy atom. The molecule has 1 atom stereocenters. The maximum atomic E-state index is 10.9. The normalized spacial score (nSPS) is 12.2. The summed E-state index contributed by atoms with van der Waals surface area (Å²) < 4.78 is 1.73. The molecule has 0 radical (unpaired) electrons. The average molecular weight is 261 g/mol. The van der Waals surface area contributed by atoms with Crippen LogP contribution in [0.5, 0.6) is 0 Å². The monoisotopic (exact) mass is 261 g/mol. The van der Waals surface area contributed by atoms with E-state index in [9.17, 15) is 10.1 Å². The van der Waals surface area contributed by atoms with E-state index >= 15 is 0 Å². The van der Waals surface area contributed by atoms with Crippen molar-refractivity contribution in [3.05, 3.63) is 46.0 Å². The molecule has 0 fully saturated rings. The van der Waals surface area contributed by atoms with E-state index in [1.807, 2.05) is 27.1 Å². The van der Waals surface area contributed by atoms with E-state index in [2.05, 4.69) is 15.4 Å². The second kappa shape index (κ2) is 5.05. The molecule has 0 aromatic carbocycles. The molecule has 19 heavy (non-hydrogen) atoms. The van der Waals surface area contributed by atoms with Gasteiger partial charge in [-0.05, 0) is 19.9 Å². The highest BCUT2D eigenvalue weighted by Crippen LogP contribution is 2.27. The van der Waals surface area contributed by atoms with E-state index in [4.69, 9.17) is 0 Å². The van der Waals surface area contributed by atoms with E-state index < -0.39 is 4.92 Å². The number of anilines is 1. The van der Waals surface area contributed by atoms with Gasteiger partial charge in [-0.3, -0.25) is 19.8 Å². The van der Waals surface area contributed by atoms with E-state index in [-0.39, 0.29) is 11.7 Å². The second-order valence-electron chi connectivity index (χ2n) is 4.36. The molecule has 0 aliphatic rings. The summed E-state index contributed by atoms with van der Waals surface area (Å²) in [5, 5.41) is 18.3. The number of rotatable bonds is 4. The van der Waals surface area contributed by atoms with Crippen LogP contribution in [0, 0.1) is 17.0 Å². The Labute approximate surface area is 110 Å². The average Bonchev–Trinajstić information content (AvgIpc) is 2.69. The van der Waals surface area contributed by atoms with Crippen molar-refractivity contribution in [2.75, 3.05) is 5.32 Å². The van der Waals surface area contributed by atoms with Gasteiger partial charge >= 0.3 is 5.69 Å². The van der Waals surface area contributed by atoms with Gasteiger partial charge in [0.1, 0.15) is 11.9 Å². The van der Waals surface area contributed by atoms with Crippen LogP contribution in [0.4, 0.5) is 11.4 Å². The van der Waals surface area contributed by atoms with Gasteiger partial charge in [0.05, 0.1) is 16.7 Å². The molecule has 0 spiro atoms. The summed E-state index contributed by atoms with van der Waals surface area (Å²) in [4.78, 5) is 14.2. The lowest BCUT2D eigenvalue weighted by atomic mass is 10.1. The molecule has 0 aliphatic heterocycles. The second-order valence-corrected chi connectivity index (χ2v) is 4.36. The third kappa shape index (κ3) is 2.70. The van der Waals surface area contributed by atoms with E-state index in [0.29, 0.717) is 5.69 Å². The Morgan fingerprint density at radius 3 is 2.84 bits per heavy atom. The molecule has 2 aromatic heterocycles. The molecule has 0 bridgehead atoms. The Morgan fingerprint density at radius 1 is 1.53 bits per heavy atom. The molecular formula is C12H15N5O2. The molecule has 1 unspecified atom stereocenters. The zero-order valence-corrected chi connectivity index (χ0v) is 11.0. The fourth-order valence-electron chi connectivity index (χ4n) is 2.01. The minimum absolute atomic E-state index is 0.0316. The zero-order chi connectivity index (χ0) is 14.0. The molecule has 0 saturated carbocycles. The number of hydrogen-bond acceptors (Lipinski definition) is 5. The molecule has 0 saturated heterocycles. The van der Waals surface area contributed by atoms with Crippen LogP contribution in [0.25, 0.3) is 0 Å². The van der Waals surface area contributed by atoms with Crippen LogP contribution in [0.3, 0.4) is 0 Å². The number of nitrogens with zero attached hydrogens (tertiary/aromatic N) is 4. The van der Waals surface area contributed by atoms with Crippen LogP contribution < -0.4 is 5.32 Å². The van der Waals surface area contributed by atoms with Gasteiger partial charge in [0, 0.05) is 25.0 Å². The standard InChI is InChI=1S/C12H15N5O2/c1-8(10-7-16(3)15-9(10)2)14-11-4-5-13-6-12(11)17(18)19/h4-8H,1-3H3,(H,13,14). The maximum Gasteiger partial charge on any atom is 0.310 e. The highest BCUT2D eigenvalue weighted by Gasteiger charge is 2.17. The van der Waals surface area contributed by atoms with E-state index in [0.717, 1.165) is 11.3 Å². The molecular weight excluding hydrogens is 246 g/mol. The van der Waals surface area contributed by atoms with Gasteiger partial charge in [-0.25, -0.2) is 0 Å². The summed E-state index contributed by atoms with van der Waals surface area (Å²) in [6.07, 6.45) is 4.67. The van der Waals surface area contributed by atoms with Gasteiger partial charge in [0.2, 0.25) is 0 Å². The molecule has 0 aliphatic carbocycles. The first-order valence-electron chi connectivity index (χ1n) is 5.84. The predicted molar refractivity (Wildman–Crippen MR) is 70.9 cm³/mol. The van der Waals surface area contributed by atoms with Gasteiger partial charge < -0.3 is 5.32 Å². The van der Waals surface area contributed by atoms with E-state index in [1.165, 1.54) is 12.4 Å². The van der Waals surface area contributed by atoms with Crippen LogP contribution in [-0.4, -0.2) is 19.7 Å². The van der Waals surface area contributed by atoms with Gasteiger partial charge in [-0.2, -0.15) is 5.10 Å². The molecule has 2 heterocycles. The quantitative estimate of drug-likeness (QED) is 0.673. The topological polar surface area (TPSA) is 85.9 Å². The fourth-order valence-corrected chi connectivity index (χ4v) is 2.01. The molecule has 1 N–H and O–H groups in total. The summed E-state index contributed by atoms with van der Waals surface area (Å²) in [5.41, 5.74) is 2.33. The molecule has 0 amide bonds. The molecule has 2 rings (SSSR count). The van der Waals surface area contributed by atoms with Gasteiger partial charge in [-0.15, -0.1) is 0 Å². The Bertz CT molecular complexity index is 608. The smallest absolute Gasteiger partial charge is 0.310 e. The van der Waals surface area contributed by atoms with Crippen molar-refractivity contribution in [2.24, 2.45) is 7.05 Å². The predicted octanol–water partition coefficient (Wildman–Crippen LogP) is 2.20. The largest absolute Gasteiger partial charge is 0.373 e. The SMILES string of the molecule is Cc1nn(C)cc1C(C)Nc1ccncc1[N+](=O)[O-]. The molecule has 7 nitrogen and oxygen atoms in total. The summed E-state index contributed by atoms with van der Waals surface area (Å²) in [6, 6.07) is 1.52. The minimum Gasteiger partial charge on any atom is -0.373 e. The Kier molecular flexibility index (Phi) is 3.46. The van der Waals surface area contributed by atoms with Crippen molar-refractivity contribution in [1.29, 1.82) is 0 Å². The van der Waals surface area contributed by atoms with E-state index in [1.54, 1.807) is 10.7 Å². The lowest BCUT2D eigenvalue weighted by Gasteiger charge is -2.14. The van der Waals surface area contributed by atoms with Crippen molar-refractivity contribution < 1.29 is 4.92 Å². The highest BCUT2D eigenvalue weighted by atomic mass is 16.6.